The van der Waals surface area contributed by atoms with Crippen LogP contribution in [-0.2, 0) is 0 Å². The first-order chi connectivity index (χ1) is 7.13. The standard InChI is InChI=1S/C9H7ClN2O3/c1-15-5-3-2-4-7(6(5)10)12-9(14)8(13)11-4/h2-3H,1H3,(H,11,13)(H,12,14). The van der Waals surface area contributed by atoms with Crippen LogP contribution in [0.1, 0.15) is 0 Å². The van der Waals surface area contributed by atoms with E-state index in [0.717, 1.165) is 0 Å². The highest BCUT2D eigenvalue weighted by Gasteiger charge is 2.08. The fraction of sp³-hybridized carbons (Fsp3) is 0.111. The predicted octanol–water partition coefficient (Wildman–Crippen LogP) is 0.878. The number of hydrogen-bond donors (Lipinski definition) is 2. The van der Waals surface area contributed by atoms with Crippen LogP contribution in [0.5, 0.6) is 5.75 Å². The van der Waals surface area contributed by atoms with E-state index in [1.54, 1.807) is 12.1 Å². The monoisotopic (exact) mass is 226 g/mol. The number of fused-ring (bicyclic) bond motifs is 1. The second kappa shape index (κ2) is 3.43. The van der Waals surface area contributed by atoms with Gasteiger partial charge in [-0.1, -0.05) is 11.6 Å². The molecule has 0 amide bonds. The van der Waals surface area contributed by atoms with Gasteiger partial charge in [-0.05, 0) is 12.1 Å². The van der Waals surface area contributed by atoms with Gasteiger partial charge in [-0.3, -0.25) is 9.59 Å². The molecule has 2 aromatic rings. The third-order valence-corrected chi connectivity index (χ3v) is 2.39. The number of aromatic amines is 2. The van der Waals surface area contributed by atoms with Crippen molar-refractivity contribution in [3.8, 4) is 5.75 Å². The van der Waals surface area contributed by atoms with Crippen molar-refractivity contribution in [3.63, 3.8) is 0 Å². The third kappa shape index (κ3) is 1.50. The van der Waals surface area contributed by atoms with Crippen molar-refractivity contribution in [2.75, 3.05) is 7.11 Å². The lowest BCUT2D eigenvalue weighted by molar-refractivity contribution is 0.415. The SMILES string of the molecule is COc1ccc2[nH]c(=O)c(=O)[nH]c2c1Cl. The molecule has 0 fully saturated rings. The Bertz CT molecular complexity index is 629. The maximum Gasteiger partial charge on any atom is 0.314 e. The number of nitrogens with one attached hydrogen (secondary N) is 2. The van der Waals surface area contributed by atoms with Crippen LogP contribution in [-0.4, -0.2) is 17.1 Å². The van der Waals surface area contributed by atoms with E-state index in [-0.39, 0.29) is 5.02 Å². The average molecular weight is 227 g/mol. The Morgan fingerprint density at radius 3 is 2.53 bits per heavy atom. The van der Waals surface area contributed by atoms with Crippen LogP contribution in [0.15, 0.2) is 21.7 Å². The van der Waals surface area contributed by atoms with Crippen LogP contribution < -0.4 is 15.9 Å². The van der Waals surface area contributed by atoms with E-state index in [0.29, 0.717) is 16.8 Å². The van der Waals surface area contributed by atoms with Gasteiger partial charge in [-0.25, -0.2) is 0 Å². The Hall–Kier alpha value is -1.75. The number of rotatable bonds is 1. The van der Waals surface area contributed by atoms with Gasteiger partial charge >= 0.3 is 11.1 Å². The number of halogens is 1. The minimum absolute atomic E-state index is 0.267. The quantitative estimate of drug-likeness (QED) is 0.709. The molecule has 1 aromatic carbocycles. The number of methoxy groups -OCH3 is 1. The van der Waals surface area contributed by atoms with Crippen LogP contribution in [0.2, 0.25) is 5.02 Å². The van der Waals surface area contributed by atoms with Gasteiger partial charge in [0.2, 0.25) is 0 Å². The normalized spacial score (nSPS) is 10.5. The number of benzene rings is 1. The molecule has 78 valence electrons. The van der Waals surface area contributed by atoms with Crippen LogP contribution in [0.25, 0.3) is 11.0 Å². The van der Waals surface area contributed by atoms with Gasteiger partial charge < -0.3 is 14.7 Å². The molecule has 2 N–H and O–H groups in total. The molecule has 1 heterocycles. The van der Waals surface area contributed by atoms with E-state index in [1.807, 2.05) is 0 Å². The highest BCUT2D eigenvalue weighted by molar-refractivity contribution is 6.36. The summed E-state index contributed by atoms with van der Waals surface area (Å²) in [7, 11) is 1.47. The van der Waals surface area contributed by atoms with E-state index in [4.69, 9.17) is 16.3 Å². The van der Waals surface area contributed by atoms with Crippen LogP contribution >= 0.6 is 11.6 Å². The van der Waals surface area contributed by atoms with Crippen LogP contribution in [0, 0.1) is 0 Å². The van der Waals surface area contributed by atoms with Gasteiger partial charge in [0.1, 0.15) is 10.8 Å². The summed E-state index contributed by atoms with van der Waals surface area (Å²) in [5, 5.41) is 0.267. The Kier molecular flexibility index (Phi) is 2.24. The summed E-state index contributed by atoms with van der Waals surface area (Å²) in [5.74, 6) is 0.437. The van der Waals surface area contributed by atoms with E-state index in [2.05, 4.69) is 9.97 Å². The summed E-state index contributed by atoms with van der Waals surface area (Å²) in [4.78, 5) is 26.9. The summed E-state index contributed by atoms with van der Waals surface area (Å²) in [6.07, 6.45) is 0. The summed E-state index contributed by atoms with van der Waals surface area (Å²) >= 11 is 5.95. The van der Waals surface area contributed by atoms with Crippen molar-refractivity contribution in [1.29, 1.82) is 0 Å². The van der Waals surface area contributed by atoms with E-state index in [9.17, 15) is 9.59 Å². The molecule has 0 atom stereocenters. The fourth-order valence-corrected chi connectivity index (χ4v) is 1.58. The van der Waals surface area contributed by atoms with E-state index >= 15 is 0 Å². The topological polar surface area (TPSA) is 75.0 Å². The Morgan fingerprint density at radius 2 is 1.87 bits per heavy atom. The molecule has 0 spiro atoms. The van der Waals surface area contributed by atoms with Crippen molar-refractivity contribution >= 4 is 22.6 Å². The van der Waals surface area contributed by atoms with E-state index < -0.39 is 11.1 Å². The van der Waals surface area contributed by atoms with Crippen molar-refractivity contribution in [2.45, 2.75) is 0 Å². The van der Waals surface area contributed by atoms with Gasteiger partial charge in [0, 0.05) is 0 Å². The summed E-state index contributed by atoms with van der Waals surface area (Å²) in [6, 6.07) is 3.22. The minimum Gasteiger partial charge on any atom is -0.495 e. The van der Waals surface area contributed by atoms with Crippen molar-refractivity contribution in [1.82, 2.24) is 9.97 Å². The zero-order valence-corrected chi connectivity index (χ0v) is 8.51. The lowest BCUT2D eigenvalue weighted by atomic mass is 10.3. The highest BCUT2D eigenvalue weighted by atomic mass is 35.5. The Morgan fingerprint density at radius 1 is 1.20 bits per heavy atom. The van der Waals surface area contributed by atoms with Crippen molar-refractivity contribution < 1.29 is 4.74 Å². The lowest BCUT2D eigenvalue weighted by Gasteiger charge is -2.05. The molecule has 0 aliphatic rings. The van der Waals surface area contributed by atoms with Crippen molar-refractivity contribution in [3.05, 3.63) is 37.9 Å². The van der Waals surface area contributed by atoms with E-state index in [1.165, 1.54) is 7.11 Å². The molecule has 0 aliphatic heterocycles. The molecule has 0 saturated carbocycles. The lowest BCUT2D eigenvalue weighted by Crippen LogP contribution is -2.28. The molecule has 5 nitrogen and oxygen atoms in total. The summed E-state index contributed by atoms with van der Waals surface area (Å²) in [5.41, 5.74) is -0.618. The Labute approximate surface area is 88.7 Å². The zero-order chi connectivity index (χ0) is 11.0. The Balaban J connectivity index is 2.94. The molecular formula is C9H7ClN2O3. The van der Waals surface area contributed by atoms with Gasteiger partial charge in [0.05, 0.1) is 18.1 Å². The first-order valence-corrected chi connectivity index (χ1v) is 4.50. The van der Waals surface area contributed by atoms with Crippen LogP contribution in [0.3, 0.4) is 0 Å². The zero-order valence-electron chi connectivity index (χ0n) is 7.76. The minimum atomic E-state index is -0.738. The van der Waals surface area contributed by atoms with Gasteiger partial charge in [-0.15, -0.1) is 0 Å². The summed E-state index contributed by atoms with van der Waals surface area (Å²) < 4.78 is 4.98. The number of H-pyrrole nitrogens is 2. The van der Waals surface area contributed by atoms with Gasteiger partial charge in [0.15, 0.2) is 0 Å². The highest BCUT2D eigenvalue weighted by Crippen LogP contribution is 2.29. The number of ether oxygens (including phenoxy) is 1. The largest absolute Gasteiger partial charge is 0.495 e. The molecule has 0 radical (unpaired) electrons. The van der Waals surface area contributed by atoms with Gasteiger partial charge in [0.25, 0.3) is 0 Å². The fourth-order valence-electron chi connectivity index (χ4n) is 1.29. The van der Waals surface area contributed by atoms with Crippen molar-refractivity contribution in [2.24, 2.45) is 0 Å². The second-order valence-corrected chi connectivity index (χ2v) is 3.29. The molecule has 1 aromatic heterocycles. The number of hydrogen-bond acceptors (Lipinski definition) is 3. The first-order valence-electron chi connectivity index (χ1n) is 4.12. The predicted molar refractivity (Wildman–Crippen MR) is 56.8 cm³/mol. The number of aromatic nitrogens is 2. The maximum absolute atomic E-state index is 11.1. The maximum atomic E-state index is 11.1. The average Bonchev–Trinajstić information content (AvgIpc) is 2.22. The molecule has 0 saturated heterocycles. The molecule has 2 rings (SSSR count). The molecule has 15 heavy (non-hydrogen) atoms. The third-order valence-electron chi connectivity index (χ3n) is 2.02. The molecule has 0 aliphatic carbocycles. The summed E-state index contributed by atoms with van der Waals surface area (Å²) in [6.45, 7) is 0. The van der Waals surface area contributed by atoms with Gasteiger partial charge in [-0.2, -0.15) is 0 Å². The molecular weight excluding hydrogens is 220 g/mol. The molecule has 0 unspecified atom stereocenters. The molecule has 0 bridgehead atoms. The second-order valence-electron chi connectivity index (χ2n) is 2.91. The van der Waals surface area contributed by atoms with Crippen LogP contribution in [0.4, 0.5) is 0 Å². The first kappa shape index (κ1) is 9.79. The molecule has 6 heteroatoms. The smallest absolute Gasteiger partial charge is 0.314 e.